The molecule has 0 aliphatic carbocycles. The van der Waals surface area contributed by atoms with Gasteiger partial charge in [0.25, 0.3) is 0 Å². The van der Waals surface area contributed by atoms with Crippen LogP contribution in [0.15, 0.2) is 0 Å². The van der Waals surface area contributed by atoms with Crippen molar-refractivity contribution in [1.29, 1.82) is 0 Å². The molecule has 1 N–H and O–H groups in total. The number of likely N-dealkylation sites (N-methyl/N-ethyl adjacent to an activating group) is 1. The Kier molecular flexibility index (Phi) is 5.49. The Bertz CT molecular complexity index is 139. The highest BCUT2D eigenvalue weighted by Gasteiger charge is 2.15. The van der Waals surface area contributed by atoms with E-state index in [-0.39, 0.29) is 0 Å². The van der Waals surface area contributed by atoms with Crippen LogP contribution in [0.5, 0.6) is 0 Å². The molecule has 1 aliphatic rings. The molecule has 0 aromatic heterocycles. The maximum absolute atomic E-state index is 3.55. The Hall–Kier alpha value is -0.0800. The summed E-state index contributed by atoms with van der Waals surface area (Å²) in [6, 6.07) is 0.763. The summed E-state index contributed by atoms with van der Waals surface area (Å²) in [4.78, 5) is 2.48. The van der Waals surface area contributed by atoms with Crippen LogP contribution in [-0.2, 0) is 0 Å². The number of nitrogens with one attached hydrogen (secondary N) is 1. The zero-order chi connectivity index (χ0) is 10.4. The van der Waals surface area contributed by atoms with Crippen molar-refractivity contribution in [2.45, 2.75) is 45.6 Å². The van der Waals surface area contributed by atoms with Gasteiger partial charge >= 0.3 is 0 Å². The molecule has 1 rings (SSSR count). The van der Waals surface area contributed by atoms with Gasteiger partial charge in [-0.2, -0.15) is 0 Å². The molecular formula is C12H26N2. The highest BCUT2D eigenvalue weighted by atomic mass is 15.1. The Morgan fingerprint density at radius 1 is 1.43 bits per heavy atom. The first-order valence-electron chi connectivity index (χ1n) is 6.10. The Morgan fingerprint density at radius 2 is 2.21 bits per heavy atom. The molecule has 0 aromatic carbocycles. The van der Waals surface area contributed by atoms with E-state index < -0.39 is 0 Å². The third kappa shape index (κ3) is 4.97. The van der Waals surface area contributed by atoms with Gasteiger partial charge < -0.3 is 10.2 Å². The fraction of sp³-hybridized carbons (Fsp3) is 1.00. The van der Waals surface area contributed by atoms with E-state index in [1.165, 1.54) is 45.3 Å². The summed E-state index contributed by atoms with van der Waals surface area (Å²) in [6.07, 6.45) is 5.45. The highest BCUT2D eigenvalue weighted by molar-refractivity contribution is 4.76. The minimum Gasteiger partial charge on any atom is -0.313 e. The van der Waals surface area contributed by atoms with Gasteiger partial charge in [0.15, 0.2) is 0 Å². The van der Waals surface area contributed by atoms with Crippen molar-refractivity contribution < 1.29 is 0 Å². The molecule has 84 valence electrons. The minimum atomic E-state index is 0.763. The van der Waals surface area contributed by atoms with E-state index in [9.17, 15) is 0 Å². The first-order chi connectivity index (χ1) is 6.68. The number of rotatable bonds is 6. The second-order valence-electron chi connectivity index (χ2n) is 5.09. The van der Waals surface area contributed by atoms with Gasteiger partial charge in [-0.15, -0.1) is 0 Å². The summed E-state index contributed by atoms with van der Waals surface area (Å²) in [5.41, 5.74) is 0. The van der Waals surface area contributed by atoms with Crippen LogP contribution in [0.3, 0.4) is 0 Å². The van der Waals surface area contributed by atoms with Crippen LogP contribution in [0.25, 0.3) is 0 Å². The largest absolute Gasteiger partial charge is 0.313 e. The van der Waals surface area contributed by atoms with Crippen molar-refractivity contribution in [3.63, 3.8) is 0 Å². The third-order valence-electron chi connectivity index (χ3n) is 3.02. The van der Waals surface area contributed by atoms with E-state index in [2.05, 4.69) is 31.1 Å². The van der Waals surface area contributed by atoms with Crippen LogP contribution >= 0.6 is 0 Å². The maximum atomic E-state index is 3.55. The molecule has 1 atom stereocenters. The second kappa shape index (κ2) is 6.41. The molecule has 0 bridgehead atoms. The molecular weight excluding hydrogens is 172 g/mol. The monoisotopic (exact) mass is 198 g/mol. The van der Waals surface area contributed by atoms with Crippen molar-refractivity contribution in [2.75, 3.05) is 26.7 Å². The first kappa shape index (κ1) is 12.0. The molecule has 0 aromatic rings. The van der Waals surface area contributed by atoms with Crippen molar-refractivity contribution in [3.05, 3.63) is 0 Å². The highest BCUT2D eigenvalue weighted by Crippen LogP contribution is 2.08. The van der Waals surface area contributed by atoms with Gasteiger partial charge in [0.1, 0.15) is 0 Å². The van der Waals surface area contributed by atoms with Crippen molar-refractivity contribution in [1.82, 2.24) is 10.2 Å². The molecule has 1 saturated heterocycles. The molecule has 2 nitrogen and oxygen atoms in total. The van der Waals surface area contributed by atoms with Gasteiger partial charge in [-0.05, 0) is 51.7 Å². The van der Waals surface area contributed by atoms with Gasteiger partial charge in [-0.3, -0.25) is 0 Å². The zero-order valence-electron chi connectivity index (χ0n) is 10.1. The van der Waals surface area contributed by atoms with Crippen molar-refractivity contribution >= 4 is 0 Å². The first-order valence-corrected chi connectivity index (χ1v) is 6.10. The summed E-state index contributed by atoms with van der Waals surface area (Å²) in [5, 5.41) is 3.55. The van der Waals surface area contributed by atoms with Crippen LogP contribution in [0.2, 0.25) is 0 Å². The molecule has 1 unspecified atom stereocenters. The van der Waals surface area contributed by atoms with E-state index in [1.54, 1.807) is 0 Å². The molecule has 14 heavy (non-hydrogen) atoms. The fourth-order valence-corrected chi connectivity index (χ4v) is 2.15. The summed E-state index contributed by atoms with van der Waals surface area (Å²) in [5.74, 6) is 0.855. The van der Waals surface area contributed by atoms with Gasteiger partial charge in [-0.1, -0.05) is 13.8 Å². The Balaban J connectivity index is 2.00. The normalized spacial score (nSPS) is 22.5. The standard InChI is InChI=1S/C12H26N2/c1-11(2)6-5-9-14(3)10-12-7-4-8-13-12/h11-13H,4-10H2,1-3H3. The number of nitrogens with zero attached hydrogens (tertiary/aromatic N) is 1. The molecule has 2 heteroatoms. The summed E-state index contributed by atoms with van der Waals surface area (Å²) >= 11 is 0. The van der Waals surface area contributed by atoms with E-state index in [4.69, 9.17) is 0 Å². The molecule has 0 radical (unpaired) electrons. The van der Waals surface area contributed by atoms with Crippen LogP contribution in [0.1, 0.15) is 39.5 Å². The SMILES string of the molecule is CC(C)CCCN(C)CC1CCCN1. The lowest BCUT2D eigenvalue weighted by Gasteiger charge is -2.21. The van der Waals surface area contributed by atoms with E-state index >= 15 is 0 Å². The molecule has 0 amide bonds. The molecule has 0 saturated carbocycles. The predicted octanol–water partition coefficient (Wildman–Crippen LogP) is 2.11. The number of hydrogen-bond acceptors (Lipinski definition) is 2. The fourth-order valence-electron chi connectivity index (χ4n) is 2.15. The lowest BCUT2D eigenvalue weighted by Crippen LogP contribution is -2.35. The van der Waals surface area contributed by atoms with Crippen LogP contribution < -0.4 is 5.32 Å². The molecule has 1 fully saturated rings. The Labute approximate surface area is 89.1 Å². The summed E-state index contributed by atoms with van der Waals surface area (Å²) < 4.78 is 0. The Morgan fingerprint density at radius 3 is 2.79 bits per heavy atom. The quantitative estimate of drug-likeness (QED) is 0.703. The average molecular weight is 198 g/mol. The molecule has 1 aliphatic heterocycles. The maximum Gasteiger partial charge on any atom is 0.0195 e. The van der Waals surface area contributed by atoms with Crippen LogP contribution in [-0.4, -0.2) is 37.6 Å². The third-order valence-corrected chi connectivity index (χ3v) is 3.02. The second-order valence-corrected chi connectivity index (χ2v) is 5.09. The molecule has 0 spiro atoms. The van der Waals surface area contributed by atoms with Gasteiger partial charge in [0.05, 0.1) is 0 Å². The minimum absolute atomic E-state index is 0.763. The molecule has 1 heterocycles. The lowest BCUT2D eigenvalue weighted by molar-refractivity contribution is 0.288. The lowest BCUT2D eigenvalue weighted by atomic mass is 10.1. The van der Waals surface area contributed by atoms with E-state index in [1.807, 2.05) is 0 Å². The average Bonchev–Trinajstić information content (AvgIpc) is 2.56. The predicted molar refractivity (Wildman–Crippen MR) is 62.6 cm³/mol. The summed E-state index contributed by atoms with van der Waals surface area (Å²) in [7, 11) is 2.25. The van der Waals surface area contributed by atoms with E-state index in [0.717, 1.165) is 12.0 Å². The number of hydrogen-bond donors (Lipinski definition) is 1. The van der Waals surface area contributed by atoms with Crippen LogP contribution in [0.4, 0.5) is 0 Å². The van der Waals surface area contributed by atoms with Crippen molar-refractivity contribution in [3.8, 4) is 0 Å². The van der Waals surface area contributed by atoms with E-state index in [0.29, 0.717) is 0 Å². The van der Waals surface area contributed by atoms with Gasteiger partial charge in [0, 0.05) is 12.6 Å². The van der Waals surface area contributed by atoms with Gasteiger partial charge in [0.2, 0.25) is 0 Å². The zero-order valence-corrected chi connectivity index (χ0v) is 10.1. The van der Waals surface area contributed by atoms with Gasteiger partial charge in [-0.25, -0.2) is 0 Å². The smallest absolute Gasteiger partial charge is 0.0195 e. The van der Waals surface area contributed by atoms with Crippen molar-refractivity contribution in [2.24, 2.45) is 5.92 Å². The summed E-state index contributed by atoms with van der Waals surface area (Å²) in [6.45, 7) is 8.33. The van der Waals surface area contributed by atoms with Crippen LogP contribution in [0, 0.1) is 5.92 Å². The topological polar surface area (TPSA) is 15.3 Å².